The second-order valence-electron chi connectivity index (χ2n) is 14.1. The summed E-state index contributed by atoms with van der Waals surface area (Å²) in [5.74, 6) is 0. The van der Waals surface area contributed by atoms with Gasteiger partial charge >= 0.3 is 0 Å². The second kappa shape index (κ2) is 12.2. The van der Waals surface area contributed by atoms with Crippen LogP contribution in [0.4, 0.5) is 0 Å². The van der Waals surface area contributed by atoms with E-state index in [-0.39, 0.29) is 0 Å². The molecular formula is C51H30N4. The minimum Gasteiger partial charge on any atom is -0.309 e. The van der Waals surface area contributed by atoms with Gasteiger partial charge in [0.15, 0.2) is 0 Å². The Kier molecular flexibility index (Phi) is 6.89. The maximum Gasteiger partial charge on any atom is 0.0991 e. The number of nitriles is 1. The van der Waals surface area contributed by atoms with Crippen LogP contribution in [0.1, 0.15) is 5.56 Å². The van der Waals surface area contributed by atoms with Crippen LogP contribution in [0.25, 0.3) is 104 Å². The van der Waals surface area contributed by atoms with Crippen LogP contribution in [0.3, 0.4) is 0 Å². The number of rotatable bonds is 4. The van der Waals surface area contributed by atoms with Crippen molar-refractivity contribution in [2.45, 2.75) is 0 Å². The highest BCUT2D eigenvalue weighted by Gasteiger charge is 2.21. The minimum atomic E-state index is 0.645. The molecular weight excluding hydrogens is 669 g/mol. The number of aromatic nitrogens is 3. The van der Waals surface area contributed by atoms with Gasteiger partial charge in [-0.3, -0.25) is 9.97 Å². The van der Waals surface area contributed by atoms with Crippen LogP contribution < -0.4 is 0 Å². The van der Waals surface area contributed by atoms with Crippen molar-refractivity contribution in [2.75, 3.05) is 0 Å². The summed E-state index contributed by atoms with van der Waals surface area (Å²) < 4.78 is 2.30. The molecule has 0 saturated carbocycles. The van der Waals surface area contributed by atoms with Crippen LogP contribution in [0, 0.1) is 11.3 Å². The summed E-state index contributed by atoms with van der Waals surface area (Å²) >= 11 is 0. The van der Waals surface area contributed by atoms with E-state index in [4.69, 9.17) is 9.97 Å². The normalized spacial score (nSPS) is 11.6. The quantitative estimate of drug-likeness (QED) is 0.136. The van der Waals surface area contributed by atoms with Gasteiger partial charge in [-0.05, 0) is 116 Å². The number of para-hydroxylation sites is 1. The summed E-state index contributed by atoms with van der Waals surface area (Å²) in [6, 6.07) is 62.6. The zero-order chi connectivity index (χ0) is 36.5. The van der Waals surface area contributed by atoms with Crippen LogP contribution in [0.5, 0.6) is 0 Å². The number of hydrogen-bond donors (Lipinski definition) is 0. The molecule has 0 unspecified atom stereocenters. The van der Waals surface area contributed by atoms with E-state index < -0.39 is 0 Å². The molecule has 0 amide bonds. The van der Waals surface area contributed by atoms with Gasteiger partial charge in [0.05, 0.1) is 33.7 Å². The highest BCUT2D eigenvalue weighted by Crippen LogP contribution is 2.47. The van der Waals surface area contributed by atoms with Crippen molar-refractivity contribution in [3.05, 3.63) is 188 Å². The van der Waals surface area contributed by atoms with Gasteiger partial charge in [-0.1, -0.05) is 109 Å². The monoisotopic (exact) mass is 698 g/mol. The minimum absolute atomic E-state index is 0.645. The van der Waals surface area contributed by atoms with E-state index in [0.717, 1.165) is 66.0 Å². The lowest BCUT2D eigenvalue weighted by atomic mass is 9.84. The standard InChI is InChI=1S/C51H30N4/c52-31-32-17-23-46-43(28-32)44-30-36(20-24-47(44)55(46)37-13-5-2-6-14-37)48-38-15-7-8-16-39(38)49(45-29-35(19-21-40(45)48)33-10-3-1-4-11-33)41-25-27-54-51-42(41)22-18-34-12-9-26-53-50(34)51/h1-30H. The van der Waals surface area contributed by atoms with Crippen molar-refractivity contribution >= 4 is 65.2 Å². The van der Waals surface area contributed by atoms with Gasteiger partial charge in [-0.2, -0.15) is 5.26 Å². The average molecular weight is 699 g/mol. The van der Waals surface area contributed by atoms with Gasteiger partial charge in [0.2, 0.25) is 0 Å². The molecule has 0 aliphatic heterocycles. The molecule has 55 heavy (non-hydrogen) atoms. The molecule has 0 saturated heterocycles. The lowest BCUT2D eigenvalue weighted by Crippen LogP contribution is -1.94. The molecule has 4 nitrogen and oxygen atoms in total. The predicted molar refractivity (Wildman–Crippen MR) is 227 cm³/mol. The number of pyridine rings is 2. The molecule has 0 aliphatic carbocycles. The number of benzene rings is 8. The molecule has 3 heterocycles. The number of hydrogen-bond acceptors (Lipinski definition) is 3. The van der Waals surface area contributed by atoms with Crippen molar-refractivity contribution < 1.29 is 0 Å². The highest BCUT2D eigenvalue weighted by atomic mass is 15.0. The topological polar surface area (TPSA) is 54.5 Å². The first-order valence-electron chi connectivity index (χ1n) is 18.5. The molecule has 8 aromatic carbocycles. The number of fused-ring (bicyclic) bond motifs is 8. The Hall–Kier alpha value is -7.61. The largest absolute Gasteiger partial charge is 0.309 e. The fourth-order valence-corrected chi connectivity index (χ4v) is 8.67. The lowest BCUT2D eigenvalue weighted by Gasteiger charge is -2.20. The summed E-state index contributed by atoms with van der Waals surface area (Å²) in [6.07, 6.45) is 3.77. The second-order valence-corrected chi connectivity index (χ2v) is 14.1. The van der Waals surface area contributed by atoms with Crippen molar-refractivity contribution in [1.29, 1.82) is 5.26 Å². The Bertz CT molecular complexity index is 3370. The molecule has 3 aromatic heterocycles. The van der Waals surface area contributed by atoms with E-state index in [9.17, 15) is 5.26 Å². The molecule has 0 fully saturated rings. The van der Waals surface area contributed by atoms with Crippen LogP contribution in [0.2, 0.25) is 0 Å². The summed E-state index contributed by atoms with van der Waals surface area (Å²) in [7, 11) is 0. The highest BCUT2D eigenvalue weighted by molar-refractivity contribution is 6.25. The van der Waals surface area contributed by atoms with Gasteiger partial charge in [-0.15, -0.1) is 0 Å². The van der Waals surface area contributed by atoms with Gasteiger partial charge in [0.25, 0.3) is 0 Å². The fourth-order valence-electron chi connectivity index (χ4n) is 8.67. The summed E-state index contributed by atoms with van der Waals surface area (Å²) in [4.78, 5) is 9.66. The Morgan fingerprint density at radius 1 is 0.418 bits per heavy atom. The van der Waals surface area contributed by atoms with Crippen molar-refractivity contribution in [1.82, 2.24) is 14.5 Å². The molecule has 0 spiro atoms. The zero-order valence-corrected chi connectivity index (χ0v) is 29.6. The maximum atomic E-state index is 9.94. The van der Waals surface area contributed by atoms with Crippen molar-refractivity contribution in [3.63, 3.8) is 0 Å². The van der Waals surface area contributed by atoms with Crippen LogP contribution in [-0.4, -0.2) is 14.5 Å². The molecule has 4 heteroatoms. The Balaban J connectivity index is 1.26. The fraction of sp³-hybridized carbons (Fsp3) is 0. The van der Waals surface area contributed by atoms with Crippen LogP contribution in [-0.2, 0) is 0 Å². The molecule has 0 radical (unpaired) electrons. The zero-order valence-electron chi connectivity index (χ0n) is 29.6. The van der Waals surface area contributed by atoms with Gasteiger partial charge < -0.3 is 4.57 Å². The first-order chi connectivity index (χ1) is 27.2. The predicted octanol–water partition coefficient (Wildman–Crippen LogP) is 13.1. The van der Waals surface area contributed by atoms with Crippen LogP contribution >= 0.6 is 0 Å². The van der Waals surface area contributed by atoms with Crippen molar-refractivity contribution in [3.8, 4) is 45.1 Å². The van der Waals surface area contributed by atoms with Gasteiger partial charge in [0.1, 0.15) is 0 Å². The van der Waals surface area contributed by atoms with E-state index in [2.05, 4.69) is 156 Å². The lowest BCUT2D eigenvalue weighted by molar-refractivity contribution is 1.18. The molecule has 0 N–H and O–H groups in total. The van der Waals surface area contributed by atoms with Crippen LogP contribution in [0.15, 0.2) is 182 Å². The molecule has 0 bridgehead atoms. The van der Waals surface area contributed by atoms with E-state index >= 15 is 0 Å². The average Bonchev–Trinajstić information content (AvgIpc) is 3.58. The maximum absolute atomic E-state index is 9.94. The van der Waals surface area contributed by atoms with E-state index in [1.54, 1.807) is 0 Å². The molecule has 0 atom stereocenters. The third kappa shape index (κ3) is 4.77. The van der Waals surface area contributed by atoms with E-state index in [0.29, 0.717) is 5.56 Å². The summed E-state index contributed by atoms with van der Waals surface area (Å²) in [5, 5.41) is 18.9. The number of nitrogens with zero attached hydrogens (tertiary/aromatic N) is 4. The first-order valence-corrected chi connectivity index (χ1v) is 18.5. The summed E-state index contributed by atoms with van der Waals surface area (Å²) in [5.41, 5.74) is 12.6. The van der Waals surface area contributed by atoms with Gasteiger partial charge in [0, 0.05) is 39.6 Å². The van der Waals surface area contributed by atoms with E-state index in [1.807, 2.05) is 36.7 Å². The van der Waals surface area contributed by atoms with Gasteiger partial charge in [-0.25, -0.2) is 0 Å². The molecule has 11 aromatic rings. The summed E-state index contributed by atoms with van der Waals surface area (Å²) in [6.45, 7) is 0. The molecule has 11 rings (SSSR count). The van der Waals surface area contributed by atoms with E-state index in [1.165, 1.54) is 38.2 Å². The third-order valence-electron chi connectivity index (χ3n) is 11.1. The smallest absolute Gasteiger partial charge is 0.0991 e. The Labute approximate surface area is 316 Å². The van der Waals surface area contributed by atoms with Crippen molar-refractivity contribution in [2.24, 2.45) is 0 Å². The third-order valence-corrected chi connectivity index (χ3v) is 11.1. The molecule has 0 aliphatic rings. The first kappa shape index (κ1) is 31.0. The molecule has 254 valence electrons. The SMILES string of the molecule is N#Cc1ccc2c(c1)c1cc(-c3c4ccccc4c(-c4ccnc5c4ccc4cccnc45)c4cc(-c5ccccc5)ccc34)ccc1n2-c1ccccc1. The Morgan fingerprint density at radius 2 is 1.07 bits per heavy atom. The Morgan fingerprint density at radius 3 is 1.89 bits per heavy atom.